The first-order valence-corrected chi connectivity index (χ1v) is 5.27. The monoisotopic (exact) mass is 232 g/mol. The lowest BCUT2D eigenvalue weighted by molar-refractivity contribution is 0.230. The van der Waals surface area contributed by atoms with Crippen molar-refractivity contribution >= 4 is 12.6 Å². The molecule has 0 aromatic heterocycles. The molecule has 0 saturated heterocycles. The summed E-state index contributed by atoms with van der Waals surface area (Å²) < 4.78 is 32.0. The van der Waals surface area contributed by atoms with Gasteiger partial charge in [0.15, 0.2) is 11.6 Å². The molecule has 1 aromatic carbocycles. The SMILES string of the molecule is CC(C)Oc1cc(F)c(C(C)S)cc1F. The van der Waals surface area contributed by atoms with Crippen molar-refractivity contribution in [3.8, 4) is 5.75 Å². The van der Waals surface area contributed by atoms with E-state index < -0.39 is 11.6 Å². The second-order valence-electron chi connectivity index (χ2n) is 3.65. The molecule has 0 saturated carbocycles. The average Bonchev–Trinajstić information content (AvgIpc) is 2.09. The normalized spacial score (nSPS) is 13.0. The van der Waals surface area contributed by atoms with Crippen molar-refractivity contribution in [2.75, 3.05) is 0 Å². The molecule has 1 atom stereocenters. The molecule has 0 radical (unpaired) electrons. The molecule has 15 heavy (non-hydrogen) atoms. The highest BCUT2D eigenvalue weighted by molar-refractivity contribution is 7.80. The van der Waals surface area contributed by atoms with Crippen molar-refractivity contribution in [2.45, 2.75) is 32.1 Å². The van der Waals surface area contributed by atoms with Crippen LogP contribution in [0.4, 0.5) is 8.78 Å². The molecule has 1 unspecified atom stereocenters. The first-order valence-electron chi connectivity index (χ1n) is 4.75. The molecular formula is C11H14F2OS. The third-order valence-electron chi connectivity index (χ3n) is 1.86. The number of hydrogen-bond donors (Lipinski definition) is 1. The van der Waals surface area contributed by atoms with E-state index in [1.165, 1.54) is 0 Å². The Morgan fingerprint density at radius 3 is 2.20 bits per heavy atom. The van der Waals surface area contributed by atoms with E-state index >= 15 is 0 Å². The van der Waals surface area contributed by atoms with Gasteiger partial charge in [-0.15, -0.1) is 0 Å². The lowest BCUT2D eigenvalue weighted by atomic mass is 10.1. The van der Waals surface area contributed by atoms with Gasteiger partial charge in [0.25, 0.3) is 0 Å². The first-order chi connectivity index (χ1) is 6.91. The fourth-order valence-corrected chi connectivity index (χ4v) is 1.41. The van der Waals surface area contributed by atoms with Crippen LogP contribution >= 0.6 is 12.6 Å². The predicted octanol–water partition coefficient (Wildman–Crippen LogP) is 3.74. The van der Waals surface area contributed by atoms with Crippen LogP contribution < -0.4 is 4.74 Å². The Balaban J connectivity index is 3.08. The molecule has 0 aliphatic carbocycles. The standard InChI is InChI=1S/C11H14F2OS/c1-6(2)14-11-5-9(12)8(7(3)15)4-10(11)13/h4-7,15H,1-3H3. The van der Waals surface area contributed by atoms with Crippen LogP contribution in [0.5, 0.6) is 5.75 Å². The smallest absolute Gasteiger partial charge is 0.165 e. The van der Waals surface area contributed by atoms with Gasteiger partial charge in [0, 0.05) is 16.9 Å². The Kier molecular flexibility index (Phi) is 3.97. The van der Waals surface area contributed by atoms with E-state index in [0.29, 0.717) is 0 Å². The number of rotatable bonds is 3. The maximum absolute atomic E-state index is 13.4. The van der Waals surface area contributed by atoms with E-state index in [-0.39, 0.29) is 22.7 Å². The van der Waals surface area contributed by atoms with E-state index in [1.54, 1.807) is 20.8 Å². The van der Waals surface area contributed by atoms with Crippen molar-refractivity contribution in [3.63, 3.8) is 0 Å². The van der Waals surface area contributed by atoms with Gasteiger partial charge in [0.05, 0.1) is 6.10 Å². The maximum Gasteiger partial charge on any atom is 0.165 e. The van der Waals surface area contributed by atoms with Gasteiger partial charge in [-0.2, -0.15) is 12.6 Å². The van der Waals surface area contributed by atoms with Gasteiger partial charge < -0.3 is 4.74 Å². The zero-order valence-corrected chi connectivity index (χ0v) is 9.82. The summed E-state index contributed by atoms with van der Waals surface area (Å²) in [6.07, 6.45) is -0.182. The second kappa shape index (κ2) is 4.84. The summed E-state index contributed by atoms with van der Waals surface area (Å²) in [6, 6.07) is 2.20. The molecule has 0 heterocycles. The molecule has 0 aliphatic rings. The summed E-state index contributed by atoms with van der Waals surface area (Å²) in [5, 5.41) is -0.340. The summed E-state index contributed by atoms with van der Waals surface area (Å²) in [7, 11) is 0. The minimum absolute atomic E-state index is 0.0553. The summed E-state index contributed by atoms with van der Waals surface area (Å²) in [6.45, 7) is 5.20. The van der Waals surface area contributed by atoms with Crippen LogP contribution in [0, 0.1) is 11.6 Å². The molecular weight excluding hydrogens is 218 g/mol. The van der Waals surface area contributed by atoms with Crippen LogP contribution in [0.1, 0.15) is 31.6 Å². The van der Waals surface area contributed by atoms with Gasteiger partial charge in [-0.25, -0.2) is 8.78 Å². The summed E-state index contributed by atoms with van der Waals surface area (Å²) >= 11 is 4.06. The van der Waals surface area contributed by atoms with Crippen LogP contribution in [0.25, 0.3) is 0 Å². The highest BCUT2D eigenvalue weighted by Gasteiger charge is 2.14. The van der Waals surface area contributed by atoms with Crippen LogP contribution in [0.3, 0.4) is 0 Å². The molecule has 1 rings (SSSR count). The predicted molar refractivity (Wildman–Crippen MR) is 59.5 cm³/mol. The van der Waals surface area contributed by atoms with Crippen LogP contribution in [0.15, 0.2) is 12.1 Å². The molecule has 0 N–H and O–H groups in total. The molecule has 0 fully saturated rings. The van der Waals surface area contributed by atoms with E-state index in [1.807, 2.05) is 0 Å². The summed E-state index contributed by atoms with van der Waals surface area (Å²) in [5.74, 6) is -1.10. The Morgan fingerprint density at radius 2 is 1.73 bits per heavy atom. The van der Waals surface area contributed by atoms with Crippen LogP contribution in [-0.2, 0) is 0 Å². The van der Waals surface area contributed by atoms with Crippen molar-refractivity contribution in [2.24, 2.45) is 0 Å². The van der Waals surface area contributed by atoms with Gasteiger partial charge in [-0.05, 0) is 26.8 Å². The number of hydrogen-bond acceptors (Lipinski definition) is 2. The summed E-state index contributed by atoms with van der Waals surface area (Å²) in [5.41, 5.74) is 0.243. The van der Waals surface area contributed by atoms with Crippen molar-refractivity contribution < 1.29 is 13.5 Å². The lowest BCUT2D eigenvalue weighted by Gasteiger charge is -2.13. The van der Waals surface area contributed by atoms with Gasteiger partial charge in [0.2, 0.25) is 0 Å². The Hall–Kier alpha value is -0.770. The fraction of sp³-hybridized carbons (Fsp3) is 0.455. The Labute approximate surface area is 93.9 Å². The lowest BCUT2D eigenvalue weighted by Crippen LogP contribution is -2.08. The van der Waals surface area contributed by atoms with Gasteiger partial charge in [0.1, 0.15) is 5.82 Å². The highest BCUT2D eigenvalue weighted by Crippen LogP contribution is 2.28. The third-order valence-corrected chi connectivity index (χ3v) is 2.14. The minimum Gasteiger partial charge on any atom is -0.488 e. The fourth-order valence-electron chi connectivity index (χ4n) is 1.21. The van der Waals surface area contributed by atoms with Crippen molar-refractivity contribution in [1.29, 1.82) is 0 Å². The highest BCUT2D eigenvalue weighted by atomic mass is 32.1. The molecule has 1 aromatic rings. The van der Waals surface area contributed by atoms with Gasteiger partial charge in [-0.1, -0.05) is 0 Å². The molecule has 0 bridgehead atoms. The number of ether oxygens (including phenoxy) is 1. The van der Waals surface area contributed by atoms with Crippen molar-refractivity contribution in [1.82, 2.24) is 0 Å². The molecule has 84 valence electrons. The van der Waals surface area contributed by atoms with E-state index in [0.717, 1.165) is 12.1 Å². The second-order valence-corrected chi connectivity index (χ2v) is 4.42. The van der Waals surface area contributed by atoms with Gasteiger partial charge in [-0.3, -0.25) is 0 Å². The van der Waals surface area contributed by atoms with Crippen molar-refractivity contribution in [3.05, 3.63) is 29.3 Å². The zero-order valence-electron chi connectivity index (χ0n) is 8.92. The largest absolute Gasteiger partial charge is 0.488 e. The van der Waals surface area contributed by atoms with E-state index in [4.69, 9.17) is 4.74 Å². The Morgan fingerprint density at radius 1 is 1.13 bits per heavy atom. The molecule has 1 nitrogen and oxygen atoms in total. The summed E-state index contributed by atoms with van der Waals surface area (Å²) in [4.78, 5) is 0. The molecule has 4 heteroatoms. The molecule has 0 amide bonds. The minimum atomic E-state index is -0.555. The topological polar surface area (TPSA) is 9.23 Å². The van der Waals surface area contributed by atoms with Crippen LogP contribution in [0.2, 0.25) is 0 Å². The molecule has 0 aliphatic heterocycles. The van der Waals surface area contributed by atoms with E-state index in [9.17, 15) is 8.78 Å². The Bertz CT molecular complexity index is 351. The average molecular weight is 232 g/mol. The number of benzene rings is 1. The number of halogens is 2. The number of thiol groups is 1. The van der Waals surface area contributed by atoms with Gasteiger partial charge >= 0.3 is 0 Å². The molecule has 0 spiro atoms. The van der Waals surface area contributed by atoms with E-state index in [2.05, 4.69) is 12.6 Å². The quantitative estimate of drug-likeness (QED) is 0.781. The first kappa shape index (κ1) is 12.3. The zero-order chi connectivity index (χ0) is 11.6. The maximum atomic E-state index is 13.4. The van der Waals surface area contributed by atoms with Crippen LogP contribution in [-0.4, -0.2) is 6.10 Å². The third kappa shape index (κ3) is 3.09.